The number of amidine groups is 1. The number of nitrogens with one attached hydrogen (secondary N) is 2. The van der Waals surface area contributed by atoms with E-state index in [9.17, 15) is 19.1 Å². The van der Waals surface area contributed by atoms with Gasteiger partial charge in [0, 0.05) is 11.6 Å². The number of nitrogens with zero attached hydrogens (tertiary/aromatic N) is 3. The summed E-state index contributed by atoms with van der Waals surface area (Å²) >= 11 is 5.64. The van der Waals surface area contributed by atoms with Crippen LogP contribution in [-0.4, -0.2) is 52.7 Å². The standard InChI is InChI=1S/C20H23ClFN5O4/c1-11-23-17(27-26-11)18(30)25-19-4-6-20(7-5-19,15(28)9-19)24-16(29)10-31-12-2-3-13(21)14(22)8-12/h2-3,8,11,15,28H,4-7,9-10H2,1H3,(H,24,29)(H,25,30)/t11?,15-,19?,20?/m0/s1. The molecule has 166 valence electrons. The highest BCUT2D eigenvalue weighted by atomic mass is 35.5. The first-order chi connectivity index (χ1) is 14.7. The highest BCUT2D eigenvalue weighted by Gasteiger charge is 2.55. The van der Waals surface area contributed by atoms with Crippen molar-refractivity contribution in [3.05, 3.63) is 29.0 Å². The lowest BCUT2D eigenvalue weighted by atomic mass is 9.60. The molecule has 1 heterocycles. The number of benzene rings is 1. The molecule has 2 atom stereocenters. The fourth-order valence-electron chi connectivity index (χ4n) is 4.46. The second kappa shape index (κ2) is 8.16. The van der Waals surface area contributed by atoms with Crippen molar-refractivity contribution in [2.45, 2.75) is 62.4 Å². The van der Waals surface area contributed by atoms with Crippen LogP contribution in [0.3, 0.4) is 0 Å². The van der Waals surface area contributed by atoms with Crippen LogP contribution in [0.15, 0.2) is 33.4 Å². The number of azo groups is 1. The number of carbonyl (C=O) groups is 2. The van der Waals surface area contributed by atoms with Gasteiger partial charge in [0.05, 0.1) is 16.7 Å². The van der Waals surface area contributed by atoms with E-state index in [0.29, 0.717) is 32.1 Å². The molecule has 1 unspecified atom stereocenters. The molecule has 3 fully saturated rings. The van der Waals surface area contributed by atoms with Crippen LogP contribution in [0.2, 0.25) is 5.02 Å². The van der Waals surface area contributed by atoms with Crippen molar-refractivity contribution in [2.24, 2.45) is 15.2 Å². The lowest BCUT2D eigenvalue weighted by Crippen LogP contribution is -2.70. The maximum absolute atomic E-state index is 13.5. The van der Waals surface area contributed by atoms with Gasteiger partial charge < -0.3 is 20.5 Å². The number of carbonyl (C=O) groups excluding carboxylic acids is 2. The number of aliphatic hydroxyl groups excluding tert-OH is 1. The van der Waals surface area contributed by atoms with Crippen LogP contribution in [0, 0.1) is 5.82 Å². The van der Waals surface area contributed by atoms with Gasteiger partial charge in [-0.25, -0.2) is 9.38 Å². The highest BCUT2D eigenvalue weighted by molar-refractivity contribution is 6.38. The third-order valence-corrected chi connectivity index (χ3v) is 6.49. The van der Waals surface area contributed by atoms with Gasteiger partial charge in [0.15, 0.2) is 12.8 Å². The number of aliphatic hydroxyl groups is 1. The number of hydrogen-bond donors (Lipinski definition) is 3. The van der Waals surface area contributed by atoms with Crippen molar-refractivity contribution >= 4 is 29.3 Å². The van der Waals surface area contributed by atoms with Gasteiger partial charge in [-0.05, 0) is 51.2 Å². The number of fused-ring (bicyclic) bond motifs is 3. The summed E-state index contributed by atoms with van der Waals surface area (Å²) in [6.07, 6.45) is 1.30. The Morgan fingerprint density at radius 3 is 2.65 bits per heavy atom. The number of halogens is 2. The average Bonchev–Trinajstić information content (AvgIpc) is 3.17. The van der Waals surface area contributed by atoms with E-state index >= 15 is 0 Å². The Hall–Kier alpha value is -2.59. The average molecular weight is 452 g/mol. The maximum atomic E-state index is 13.5. The molecule has 3 saturated carbocycles. The van der Waals surface area contributed by atoms with Crippen LogP contribution in [-0.2, 0) is 9.59 Å². The van der Waals surface area contributed by atoms with E-state index in [0.717, 1.165) is 6.07 Å². The molecule has 0 radical (unpaired) electrons. The summed E-state index contributed by atoms with van der Waals surface area (Å²) in [5.74, 6) is -1.22. The summed E-state index contributed by atoms with van der Waals surface area (Å²) in [5.41, 5.74) is -1.35. The first kappa shape index (κ1) is 21.6. The summed E-state index contributed by atoms with van der Waals surface area (Å²) in [6.45, 7) is 1.41. The zero-order valence-electron chi connectivity index (χ0n) is 16.9. The van der Waals surface area contributed by atoms with Crippen molar-refractivity contribution < 1.29 is 23.8 Å². The molecule has 9 nitrogen and oxygen atoms in total. The maximum Gasteiger partial charge on any atom is 0.291 e. The zero-order valence-corrected chi connectivity index (χ0v) is 17.7. The third kappa shape index (κ3) is 4.40. The minimum absolute atomic E-state index is 0.0311. The fraction of sp³-hybridized carbons (Fsp3) is 0.550. The highest BCUT2D eigenvalue weighted by Crippen LogP contribution is 2.47. The normalized spacial score (nSPS) is 31.3. The van der Waals surface area contributed by atoms with Crippen molar-refractivity contribution in [1.29, 1.82) is 0 Å². The summed E-state index contributed by atoms with van der Waals surface area (Å²) in [4.78, 5) is 29.0. The van der Waals surface area contributed by atoms with E-state index in [1.807, 2.05) is 0 Å². The van der Waals surface area contributed by atoms with Gasteiger partial charge in [-0.2, -0.15) is 5.11 Å². The van der Waals surface area contributed by atoms with Crippen molar-refractivity contribution in [1.82, 2.24) is 10.6 Å². The Kier molecular flexibility index (Phi) is 5.69. The lowest BCUT2D eigenvalue weighted by molar-refractivity contribution is -0.134. The molecule has 3 aliphatic carbocycles. The quantitative estimate of drug-likeness (QED) is 0.612. The second-order valence-corrected chi connectivity index (χ2v) is 8.73. The van der Waals surface area contributed by atoms with Crippen molar-refractivity contribution in [3.8, 4) is 5.75 Å². The molecule has 3 N–H and O–H groups in total. The molecule has 4 aliphatic rings. The summed E-state index contributed by atoms with van der Waals surface area (Å²) in [6, 6.07) is 3.93. The summed E-state index contributed by atoms with van der Waals surface area (Å²) in [5, 5.41) is 24.2. The Balaban J connectivity index is 1.33. The first-order valence-electron chi connectivity index (χ1n) is 10.1. The van der Waals surface area contributed by atoms with Gasteiger partial charge in [-0.15, -0.1) is 5.11 Å². The molecule has 11 heteroatoms. The molecular weight excluding hydrogens is 429 g/mol. The van der Waals surface area contributed by atoms with Gasteiger partial charge in [0.2, 0.25) is 5.84 Å². The largest absolute Gasteiger partial charge is 0.484 e. The molecule has 1 aliphatic heterocycles. The molecule has 0 saturated heterocycles. The first-order valence-corrected chi connectivity index (χ1v) is 10.5. The van der Waals surface area contributed by atoms with Crippen LogP contribution in [0.25, 0.3) is 0 Å². The predicted octanol–water partition coefficient (Wildman–Crippen LogP) is 2.12. The lowest BCUT2D eigenvalue weighted by Gasteiger charge is -2.56. The van der Waals surface area contributed by atoms with Crippen LogP contribution in [0.5, 0.6) is 5.75 Å². The van der Waals surface area contributed by atoms with Gasteiger partial charge in [-0.3, -0.25) is 9.59 Å². The Bertz CT molecular complexity index is 961. The van der Waals surface area contributed by atoms with Crippen LogP contribution < -0.4 is 15.4 Å². The Morgan fingerprint density at radius 2 is 2.03 bits per heavy atom. The third-order valence-electron chi connectivity index (χ3n) is 6.18. The number of ether oxygens (including phenoxy) is 1. The topological polar surface area (TPSA) is 125 Å². The fourth-order valence-corrected chi connectivity index (χ4v) is 4.58. The van der Waals surface area contributed by atoms with E-state index in [4.69, 9.17) is 16.3 Å². The SMILES string of the molecule is CC1N=NC(C(=O)NC23CCC(NC(=O)COc4ccc(Cl)c(F)c4)(CC2)[C@@H](O)C3)=N1. The van der Waals surface area contributed by atoms with Crippen LogP contribution in [0.4, 0.5) is 4.39 Å². The monoisotopic (exact) mass is 451 g/mol. The minimum atomic E-state index is -0.835. The second-order valence-electron chi connectivity index (χ2n) is 8.32. The smallest absolute Gasteiger partial charge is 0.291 e. The predicted molar refractivity (Wildman–Crippen MR) is 109 cm³/mol. The van der Waals surface area contributed by atoms with Crippen molar-refractivity contribution in [2.75, 3.05) is 6.61 Å². The van der Waals surface area contributed by atoms with Crippen LogP contribution >= 0.6 is 11.6 Å². The van der Waals surface area contributed by atoms with Gasteiger partial charge in [0.25, 0.3) is 11.8 Å². The molecular formula is C20H23ClFN5O4. The molecule has 2 bridgehead atoms. The van der Waals surface area contributed by atoms with E-state index < -0.39 is 34.8 Å². The number of hydrogen-bond acceptors (Lipinski definition) is 7. The Morgan fingerprint density at radius 1 is 1.29 bits per heavy atom. The van der Waals surface area contributed by atoms with E-state index in [-0.39, 0.29) is 29.4 Å². The van der Waals surface area contributed by atoms with Gasteiger partial charge in [0.1, 0.15) is 11.6 Å². The minimum Gasteiger partial charge on any atom is -0.484 e. The summed E-state index contributed by atoms with van der Waals surface area (Å²) < 4.78 is 18.8. The Labute approximate surface area is 183 Å². The molecule has 1 aromatic carbocycles. The van der Waals surface area contributed by atoms with E-state index in [1.54, 1.807) is 6.92 Å². The number of rotatable bonds is 6. The number of aliphatic imine (C=N–C) groups is 1. The zero-order chi connectivity index (χ0) is 22.2. The van der Waals surface area contributed by atoms with Crippen molar-refractivity contribution in [3.63, 3.8) is 0 Å². The van der Waals surface area contributed by atoms with Gasteiger partial charge >= 0.3 is 0 Å². The van der Waals surface area contributed by atoms with Crippen LogP contribution in [0.1, 0.15) is 39.0 Å². The molecule has 2 amide bonds. The van der Waals surface area contributed by atoms with E-state index in [1.165, 1.54) is 12.1 Å². The molecule has 0 aromatic heterocycles. The molecule has 5 rings (SSSR count). The summed E-state index contributed by atoms with van der Waals surface area (Å²) in [7, 11) is 0. The number of amides is 2. The van der Waals surface area contributed by atoms with E-state index in [2.05, 4.69) is 25.9 Å². The van der Waals surface area contributed by atoms with Gasteiger partial charge in [-0.1, -0.05) is 11.6 Å². The molecule has 0 spiro atoms. The molecule has 31 heavy (non-hydrogen) atoms. The molecule has 1 aromatic rings.